The molecule has 2 rings (SSSR count). The van der Waals surface area contributed by atoms with Crippen LogP contribution in [0.3, 0.4) is 0 Å². The first-order chi connectivity index (χ1) is 8.97. The number of hydrogen-bond donors (Lipinski definition) is 1. The minimum Gasteiger partial charge on any atom is -0.478 e. The minimum atomic E-state index is -1.01. The van der Waals surface area contributed by atoms with E-state index >= 15 is 0 Å². The Kier molecular flexibility index (Phi) is 3.76. The predicted octanol–water partition coefficient (Wildman–Crippen LogP) is 4.45. The Bertz CT molecular complexity index is 635. The summed E-state index contributed by atoms with van der Waals surface area (Å²) in [5.41, 5.74) is 2.44. The highest BCUT2D eigenvalue weighted by Gasteiger charge is 2.09. The number of aryl methyl sites for hydroxylation is 2. The van der Waals surface area contributed by atoms with Crippen molar-refractivity contribution in [3.8, 4) is 11.5 Å². The zero-order chi connectivity index (χ0) is 14.0. The van der Waals surface area contributed by atoms with Gasteiger partial charge in [-0.2, -0.15) is 0 Å². The Morgan fingerprint density at radius 2 is 1.84 bits per heavy atom. The zero-order valence-corrected chi connectivity index (χ0v) is 11.4. The SMILES string of the molecule is Cc1ccc(Oc2ccc(C(=O)O)cc2Cl)cc1C. The maximum absolute atomic E-state index is 10.8. The van der Waals surface area contributed by atoms with Crippen molar-refractivity contribution in [1.82, 2.24) is 0 Å². The van der Waals surface area contributed by atoms with Gasteiger partial charge in [0.15, 0.2) is 0 Å². The van der Waals surface area contributed by atoms with Crippen molar-refractivity contribution in [3.05, 3.63) is 58.1 Å². The van der Waals surface area contributed by atoms with E-state index in [0.29, 0.717) is 11.5 Å². The van der Waals surface area contributed by atoms with Gasteiger partial charge < -0.3 is 9.84 Å². The molecule has 0 saturated heterocycles. The van der Waals surface area contributed by atoms with Gasteiger partial charge in [-0.15, -0.1) is 0 Å². The second kappa shape index (κ2) is 5.33. The van der Waals surface area contributed by atoms with Gasteiger partial charge in [0.2, 0.25) is 0 Å². The smallest absolute Gasteiger partial charge is 0.335 e. The Morgan fingerprint density at radius 1 is 1.11 bits per heavy atom. The molecule has 0 spiro atoms. The van der Waals surface area contributed by atoms with Gasteiger partial charge in [-0.1, -0.05) is 17.7 Å². The summed E-state index contributed by atoms with van der Waals surface area (Å²) in [5, 5.41) is 9.13. The van der Waals surface area contributed by atoms with Crippen LogP contribution in [0.5, 0.6) is 11.5 Å². The maximum atomic E-state index is 10.8. The van der Waals surface area contributed by atoms with Crippen LogP contribution in [0.4, 0.5) is 0 Å². The van der Waals surface area contributed by atoms with Crippen molar-refractivity contribution < 1.29 is 14.6 Å². The van der Waals surface area contributed by atoms with Crippen LogP contribution in [0.25, 0.3) is 0 Å². The van der Waals surface area contributed by atoms with Crippen LogP contribution < -0.4 is 4.74 Å². The molecule has 2 aromatic carbocycles. The van der Waals surface area contributed by atoms with Crippen LogP contribution in [0.2, 0.25) is 5.02 Å². The quantitative estimate of drug-likeness (QED) is 0.901. The minimum absolute atomic E-state index is 0.137. The van der Waals surface area contributed by atoms with Gasteiger partial charge in [0.1, 0.15) is 11.5 Å². The fourth-order valence-electron chi connectivity index (χ4n) is 1.62. The lowest BCUT2D eigenvalue weighted by Crippen LogP contribution is -1.96. The monoisotopic (exact) mass is 276 g/mol. The van der Waals surface area contributed by atoms with Gasteiger partial charge in [-0.3, -0.25) is 0 Å². The molecule has 0 atom stereocenters. The van der Waals surface area contributed by atoms with E-state index in [9.17, 15) is 4.79 Å². The second-order valence-electron chi connectivity index (χ2n) is 4.30. The molecule has 0 heterocycles. The Hall–Kier alpha value is -2.00. The third-order valence-electron chi connectivity index (χ3n) is 2.89. The topological polar surface area (TPSA) is 46.5 Å². The standard InChI is InChI=1S/C15H13ClO3/c1-9-3-5-12(7-10(9)2)19-14-6-4-11(15(17)18)8-13(14)16/h3-8H,1-2H3,(H,17,18). The molecule has 0 radical (unpaired) electrons. The number of aromatic carboxylic acids is 1. The first-order valence-electron chi connectivity index (χ1n) is 5.75. The van der Waals surface area contributed by atoms with Crippen LogP contribution >= 0.6 is 11.6 Å². The normalized spacial score (nSPS) is 10.3. The van der Waals surface area contributed by atoms with Gasteiger partial charge in [-0.05, 0) is 55.3 Å². The number of rotatable bonds is 3. The summed E-state index contributed by atoms with van der Waals surface area (Å²) in [5.74, 6) is 0.0997. The molecule has 0 fully saturated rings. The number of ether oxygens (including phenoxy) is 1. The molecule has 0 aliphatic heterocycles. The van der Waals surface area contributed by atoms with Crippen molar-refractivity contribution in [2.75, 3.05) is 0 Å². The lowest BCUT2D eigenvalue weighted by atomic mass is 10.1. The Labute approximate surface area is 116 Å². The highest BCUT2D eigenvalue weighted by Crippen LogP contribution is 2.30. The van der Waals surface area contributed by atoms with E-state index in [1.165, 1.54) is 17.7 Å². The van der Waals surface area contributed by atoms with Crippen LogP contribution in [-0.4, -0.2) is 11.1 Å². The van der Waals surface area contributed by atoms with Gasteiger partial charge in [-0.25, -0.2) is 4.79 Å². The third kappa shape index (κ3) is 3.06. The summed E-state index contributed by atoms with van der Waals surface area (Å²) in [6.45, 7) is 4.02. The van der Waals surface area contributed by atoms with E-state index in [1.807, 2.05) is 32.0 Å². The average molecular weight is 277 g/mol. The van der Waals surface area contributed by atoms with E-state index in [0.717, 1.165) is 5.56 Å². The van der Waals surface area contributed by atoms with Gasteiger partial charge in [0, 0.05) is 0 Å². The van der Waals surface area contributed by atoms with E-state index in [-0.39, 0.29) is 10.6 Å². The van der Waals surface area contributed by atoms with Crippen molar-refractivity contribution in [3.63, 3.8) is 0 Å². The van der Waals surface area contributed by atoms with Crippen molar-refractivity contribution in [2.45, 2.75) is 13.8 Å². The zero-order valence-electron chi connectivity index (χ0n) is 10.6. The molecule has 98 valence electrons. The lowest BCUT2D eigenvalue weighted by Gasteiger charge is -2.09. The molecular formula is C15H13ClO3. The number of carbonyl (C=O) groups is 1. The van der Waals surface area contributed by atoms with Crippen molar-refractivity contribution in [2.24, 2.45) is 0 Å². The molecular weight excluding hydrogens is 264 g/mol. The van der Waals surface area contributed by atoms with Crippen LogP contribution in [0.15, 0.2) is 36.4 Å². The Morgan fingerprint density at radius 3 is 2.42 bits per heavy atom. The summed E-state index contributed by atoms with van der Waals surface area (Å²) >= 11 is 6.01. The number of benzene rings is 2. The van der Waals surface area contributed by atoms with Gasteiger partial charge >= 0.3 is 5.97 Å². The molecule has 2 aromatic rings. The highest BCUT2D eigenvalue weighted by molar-refractivity contribution is 6.32. The molecule has 4 heteroatoms. The molecule has 0 aromatic heterocycles. The lowest BCUT2D eigenvalue weighted by molar-refractivity contribution is 0.0697. The van der Waals surface area contributed by atoms with Crippen LogP contribution in [-0.2, 0) is 0 Å². The molecule has 0 amide bonds. The second-order valence-corrected chi connectivity index (χ2v) is 4.71. The van der Waals surface area contributed by atoms with Gasteiger partial charge in [0.25, 0.3) is 0 Å². The number of carboxylic acids is 1. The molecule has 0 unspecified atom stereocenters. The Balaban J connectivity index is 2.28. The average Bonchev–Trinajstić information content (AvgIpc) is 2.36. The predicted molar refractivity (Wildman–Crippen MR) is 74.4 cm³/mol. The molecule has 0 aliphatic rings. The van der Waals surface area contributed by atoms with Crippen molar-refractivity contribution in [1.29, 1.82) is 0 Å². The van der Waals surface area contributed by atoms with Gasteiger partial charge in [0.05, 0.1) is 10.6 Å². The first kappa shape index (κ1) is 13.4. The maximum Gasteiger partial charge on any atom is 0.335 e. The fourth-order valence-corrected chi connectivity index (χ4v) is 1.84. The summed E-state index contributed by atoms with van der Waals surface area (Å²) in [6.07, 6.45) is 0. The number of carboxylic acid groups (broad SMARTS) is 1. The number of halogens is 1. The van der Waals surface area contributed by atoms with E-state index < -0.39 is 5.97 Å². The summed E-state index contributed by atoms with van der Waals surface area (Å²) in [4.78, 5) is 10.8. The van der Waals surface area contributed by atoms with Crippen LogP contribution in [0.1, 0.15) is 21.5 Å². The van der Waals surface area contributed by atoms with E-state index in [4.69, 9.17) is 21.4 Å². The third-order valence-corrected chi connectivity index (χ3v) is 3.18. The molecule has 1 N–H and O–H groups in total. The number of hydrogen-bond acceptors (Lipinski definition) is 2. The fraction of sp³-hybridized carbons (Fsp3) is 0.133. The van der Waals surface area contributed by atoms with Crippen molar-refractivity contribution >= 4 is 17.6 Å². The summed E-state index contributed by atoms with van der Waals surface area (Å²) in [7, 11) is 0. The van der Waals surface area contributed by atoms with Crippen LogP contribution in [0, 0.1) is 13.8 Å². The highest BCUT2D eigenvalue weighted by atomic mass is 35.5. The van der Waals surface area contributed by atoms with E-state index in [1.54, 1.807) is 6.07 Å². The molecule has 0 bridgehead atoms. The van der Waals surface area contributed by atoms with E-state index in [2.05, 4.69) is 0 Å². The molecule has 0 aliphatic carbocycles. The molecule has 0 saturated carbocycles. The molecule has 3 nitrogen and oxygen atoms in total. The molecule has 19 heavy (non-hydrogen) atoms. The summed E-state index contributed by atoms with van der Waals surface area (Å²) < 4.78 is 5.65. The largest absolute Gasteiger partial charge is 0.478 e. The summed E-state index contributed by atoms with van der Waals surface area (Å²) in [6, 6.07) is 10.1. The first-order valence-corrected chi connectivity index (χ1v) is 6.13.